The molecule has 0 amide bonds. The Morgan fingerprint density at radius 2 is 2.05 bits per heavy atom. The summed E-state index contributed by atoms with van der Waals surface area (Å²) in [6.45, 7) is 1.47. The number of esters is 1. The Labute approximate surface area is 115 Å². The molecule has 6 nitrogen and oxygen atoms in total. The maximum absolute atomic E-state index is 11.5. The number of carbonyl (C=O) groups is 1. The van der Waals surface area contributed by atoms with Gasteiger partial charge in [-0.15, -0.1) is 0 Å². The summed E-state index contributed by atoms with van der Waals surface area (Å²) in [7, 11) is 1.22. The molecule has 1 aliphatic rings. The molecular weight excluding hydrogens is 272 g/mol. The number of halogens is 1. The predicted octanol–water partition coefficient (Wildman–Crippen LogP) is 2.64. The number of carbonyl (C=O) groups excluding carboxylic acids is 1. The van der Waals surface area contributed by atoms with E-state index in [1.807, 2.05) is 4.90 Å². The molecular formula is C12H13ClN2O4. The first-order valence-corrected chi connectivity index (χ1v) is 6.23. The summed E-state index contributed by atoms with van der Waals surface area (Å²) in [4.78, 5) is 24.0. The van der Waals surface area contributed by atoms with Gasteiger partial charge >= 0.3 is 5.97 Å². The number of nitro groups is 1. The molecule has 19 heavy (non-hydrogen) atoms. The third-order valence-corrected chi connectivity index (χ3v) is 3.37. The van der Waals surface area contributed by atoms with Crippen molar-refractivity contribution in [3.8, 4) is 0 Å². The predicted molar refractivity (Wildman–Crippen MR) is 70.9 cm³/mol. The lowest BCUT2D eigenvalue weighted by molar-refractivity contribution is -0.384. The van der Waals surface area contributed by atoms with Crippen LogP contribution in [-0.4, -0.2) is 31.1 Å². The van der Waals surface area contributed by atoms with Crippen LogP contribution < -0.4 is 4.90 Å². The summed E-state index contributed by atoms with van der Waals surface area (Å²) in [6.07, 6.45) is 1.96. The summed E-state index contributed by atoms with van der Waals surface area (Å²) in [5.41, 5.74) is 0.314. The number of anilines is 1. The van der Waals surface area contributed by atoms with E-state index >= 15 is 0 Å². The van der Waals surface area contributed by atoms with Gasteiger partial charge in [0.1, 0.15) is 5.69 Å². The number of methoxy groups -OCH3 is 1. The Morgan fingerprint density at radius 1 is 1.42 bits per heavy atom. The van der Waals surface area contributed by atoms with Crippen molar-refractivity contribution in [2.24, 2.45) is 0 Å². The van der Waals surface area contributed by atoms with Gasteiger partial charge in [0.05, 0.1) is 22.6 Å². The first kappa shape index (κ1) is 13.6. The van der Waals surface area contributed by atoms with Crippen molar-refractivity contribution < 1.29 is 14.5 Å². The van der Waals surface area contributed by atoms with E-state index in [1.54, 1.807) is 0 Å². The highest BCUT2D eigenvalue weighted by molar-refractivity contribution is 6.34. The topological polar surface area (TPSA) is 72.7 Å². The van der Waals surface area contributed by atoms with Crippen LogP contribution >= 0.6 is 11.6 Å². The Kier molecular flexibility index (Phi) is 3.90. The Bertz CT molecular complexity index is 527. The zero-order valence-electron chi connectivity index (χ0n) is 10.4. The second-order valence-corrected chi connectivity index (χ2v) is 4.68. The fourth-order valence-electron chi connectivity index (χ4n) is 2.21. The zero-order chi connectivity index (χ0) is 14.0. The van der Waals surface area contributed by atoms with E-state index in [2.05, 4.69) is 4.74 Å². The van der Waals surface area contributed by atoms with Gasteiger partial charge in [0, 0.05) is 19.2 Å². The van der Waals surface area contributed by atoms with Crippen molar-refractivity contribution in [1.29, 1.82) is 0 Å². The maximum Gasteiger partial charge on any atom is 0.338 e. The number of nitrogens with zero attached hydrogens (tertiary/aromatic N) is 2. The fraction of sp³-hybridized carbons (Fsp3) is 0.417. The minimum atomic E-state index is -0.641. The minimum Gasteiger partial charge on any atom is -0.465 e. The molecule has 1 aromatic carbocycles. The monoisotopic (exact) mass is 284 g/mol. The highest BCUT2D eigenvalue weighted by Gasteiger charge is 2.27. The molecule has 1 aromatic rings. The van der Waals surface area contributed by atoms with Crippen LogP contribution in [0.15, 0.2) is 12.1 Å². The summed E-state index contributed by atoms with van der Waals surface area (Å²) >= 11 is 6.11. The second-order valence-electron chi connectivity index (χ2n) is 4.27. The maximum atomic E-state index is 11.5. The number of ether oxygens (including phenoxy) is 1. The molecule has 0 aliphatic carbocycles. The van der Waals surface area contributed by atoms with Crippen molar-refractivity contribution in [2.45, 2.75) is 12.8 Å². The molecule has 0 radical (unpaired) electrons. The van der Waals surface area contributed by atoms with Gasteiger partial charge < -0.3 is 9.64 Å². The van der Waals surface area contributed by atoms with Crippen molar-refractivity contribution in [1.82, 2.24) is 0 Å². The molecule has 0 spiro atoms. The van der Waals surface area contributed by atoms with Crippen LogP contribution in [-0.2, 0) is 4.74 Å². The molecule has 0 saturated carbocycles. The molecule has 102 valence electrons. The number of rotatable bonds is 3. The molecule has 1 aliphatic heterocycles. The SMILES string of the molecule is COC(=O)c1cc(Cl)c(N2CCCC2)c([N+](=O)[O-])c1. The van der Waals surface area contributed by atoms with E-state index in [0.717, 1.165) is 25.9 Å². The highest BCUT2D eigenvalue weighted by atomic mass is 35.5. The summed E-state index contributed by atoms with van der Waals surface area (Å²) in [6, 6.07) is 2.62. The van der Waals surface area contributed by atoms with Crippen molar-refractivity contribution in [2.75, 3.05) is 25.1 Å². The van der Waals surface area contributed by atoms with Gasteiger partial charge in [-0.25, -0.2) is 4.79 Å². The molecule has 0 aromatic heterocycles. The zero-order valence-corrected chi connectivity index (χ0v) is 11.1. The van der Waals surface area contributed by atoms with E-state index in [-0.39, 0.29) is 16.3 Å². The Morgan fingerprint density at radius 3 is 2.58 bits per heavy atom. The highest BCUT2D eigenvalue weighted by Crippen LogP contribution is 2.38. The summed E-state index contributed by atoms with van der Waals surface area (Å²) in [5.74, 6) is -0.641. The standard InChI is InChI=1S/C12H13ClN2O4/c1-19-12(16)8-6-9(13)11(10(7-8)15(17)18)14-4-2-3-5-14/h6-7H,2-5H2,1H3. The molecule has 1 heterocycles. The second kappa shape index (κ2) is 5.44. The van der Waals surface area contributed by atoms with Gasteiger partial charge in [-0.2, -0.15) is 0 Å². The van der Waals surface area contributed by atoms with Crippen molar-refractivity contribution in [3.05, 3.63) is 32.8 Å². The van der Waals surface area contributed by atoms with Crippen LogP contribution in [0.2, 0.25) is 5.02 Å². The van der Waals surface area contributed by atoms with Crippen LogP contribution in [0.3, 0.4) is 0 Å². The summed E-state index contributed by atoms with van der Waals surface area (Å²) < 4.78 is 4.56. The Hall–Kier alpha value is -1.82. The van der Waals surface area contributed by atoms with E-state index in [0.29, 0.717) is 5.69 Å². The number of hydrogen-bond donors (Lipinski definition) is 0. The van der Waals surface area contributed by atoms with Crippen LogP contribution in [0.25, 0.3) is 0 Å². The van der Waals surface area contributed by atoms with Crippen molar-refractivity contribution in [3.63, 3.8) is 0 Å². The van der Waals surface area contributed by atoms with Crippen LogP contribution in [0.1, 0.15) is 23.2 Å². The van der Waals surface area contributed by atoms with Crippen LogP contribution in [0.4, 0.5) is 11.4 Å². The number of benzene rings is 1. The van der Waals surface area contributed by atoms with E-state index in [4.69, 9.17) is 11.6 Å². The van der Waals surface area contributed by atoms with Gasteiger partial charge in [0.15, 0.2) is 0 Å². The first-order chi connectivity index (χ1) is 9.04. The van der Waals surface area contributed by atoms with E-state index in [9.17, 15) is 14.9 Å². The minimum absolute atomic E-state index is 0.0853. The lowest BCUT2D eigenvalue weighted by atomic mass is 10.1. The molecule has 1 fully saturated rings. The normalized spacial score (nSPS) is 14.5. The third kappa shape index (κ3) is 2.63. The largest absolute Gasteiger partial charge is 0.465 e. The van der Waals surface area contributed by atoms with Gasteiger partial charge in [-0.3, -0.25) is 10.1 Å². The third-order valence-electron chi connectivity index (χ3n) is 3.08. The number of nitro benzene ring substituents is 1. The Balaban J connectivity index is 2.53. The van der Waals surface area contributed by atoms with Gasteiger partial charge in [0.2, 0.25) is 0 Å². The average molecular weight is 285 g/mol. The quantitative estimate of drug-likeness (QED) is 0.485. The summed E-state index contributed by atoms with van der Waals surface area (Å²) in [5, 5.41) is 11.4. The van der Waals surface area contributed by atoms with Crippen molar-refractivity contribution >= 4 is 28.9 Å². The van der Waals surface area contributed by atoms with E-state index < -0.39 is 10.9 Å². The number of hydrogen-bond acceptors (Lipinski definition) is 5. The molecule has 0 bridgehead atoms. The van der Waals surface area contributed by atoms with Gasteiger partial charge in [0.25, 0.3) is 5.69 Å². The van der Waals surface area contributed by atoms with E-state index in [1.165, 1.54) is 19.2 Å². The first-order valence-electron chi connectivity index (χ1n) is 5.85. The smallest absolute Gasteiger partial charge is 0.338 e. The van der Waals surface area contributed by atoms with Crippen LogP contribution in [0.5, 0.6) is 0 Å². The molecule has 0 N–H and O–H groups in total. The molecule has 0 atom stereocenters. The lowest BCUT2D eigenvalue weighted by Crippen LogP contribution is -2.20. The molecule has 1 saturated heterocycles. The molecule has 2 rings (SSSR count). The van der Waals surface area contributed by atoms with Gasteiger partial charge in [-0.05, 0) is 18.9 Å². The average Bonchev–Trinajstić information content (AvgIpc) is 2.90. The molecule has 7 heteroatoms. The lowest BCUT2D eigenvalue weighted by Gasteiger charge is -2.19. The van der Waals surface area contributed by atoms with Gasteiger partial charge in [-0.1, -0.05) is 11.6 Å². The van der Waals surface area contributed by atoms with Crippen LogP contribution in [0, 0.1) is 10.1 Å². The fourth-order valence-corrected chi connectivity index (χ4v) is 2.55. The molecule has 0 unspecified atom stereocenters.